The minimum atomic E-state index is -0.678. The van der Waals surface area contributed by atoms with Crippen LogP contribution in [0.5, 0.6) is 0 Å². The van der Waals surface area contributed by atoms with Crippen molar-refractivity contribution in [3.63, 3.8) is 0 Å². The fourth-order valence-corrected chi connectivity index (χ4v) is 1.64. The van der Waals surface area contributed by atoms with Crippen molar-refractivity contribution in [3.8, 4) is 0 Å². The lowest BCUT2D eigenvalue weighted by atomic mass is 9.93. The summed E-state index contributed by atoms with van der Waals surface area (Å²) < 4.78 is 0. The van der Waals surface area contributed by atoms with Gasteiger partial charge in [-0.3, -0.25) is 4.79 Å². The van der Waals surface area contributed by atoms with Crippen molar-refractivity contribution >= 4 is 5.91 Å². The van der Waals surface area contributed by atoms with Gasteiger partial charge < -0.3 is 11.1 Å². The average Bonchev–Trinajstić information content (AvgIpc) is 2.69. The van der Waals surface area contributed by atoms with Crippen molar-refractivity contribution in [1.82, 2.24) is 5.32 Å². The van der Waals surface area contributed by atoms with Gasteiger partial charge in [0.25, 0.3) is 0 Å². The zero-order valence-corrected chi connectivity index (χ0v) is 9.05. The van der Waals surface area contributed by atoms with E-state index in [1.807, 2.05) is 13.8 Å². The van der Waals surface area contributed by atoms with E-state index in [4.69, 9.17) is 5.73 Å². The van der Waals surface area contributed by atoms with Crippen LogP contribution in [-0.4, -0.2) is 17.5 Å². The highest BCUT2D eigenvalue weighted by Crippen LogP contribution is 2.14. The van der Waals surface area contributed by atoms with Crippen molar-refractivity contribution in [1.29, 1.82) is 0 Å². The lowest BCUT2D eigenvalue weighted by Crippen LogP contribution is -2.55. The molecule has 1 aliphatic carbocycles. The Hall–Kier alpha value is -0.830. The number of carbonyl (C=O) groups excluding carboxylic acids is 1. The molecular formula is C11H20N2O. The number of amides is 1. The van der Waals surface area contributed by atoms with Crippen LogP contribution in [0.4, 0.5) is 0 Å². The molecule has 0 atom stereocenters. The molecule has 0 saturated carbocycles. The summed E-state index contributed by atoms with van der Waals surface area (Å²) in [5, 5.41) is 2.99. The molecule has 1 amide bonds. The maximum absolute atomic E-state index is 11.8. The average molecular weight is 196 g/mol. The number of hydrogen-bond acceptors (Lipinski definition) is 2. The SMILES string of the molecule is CCC(N)(CC)C(=O)NC1CC=CC1. The summed E-state index contributed by atoms with van der Waals surface area (Å²) in [6.07, 6.45) is 7.46. The zero-order chi connectivity index (χ0) is 10.6. The Morgan fingerprint density at radius 1 is 1.43 bits per heavy atom. The second-order valence-corrected chi connectivity index (χ2v) is 3.98. The molecule has 0 unspecified atom stereocenters. The molecule has 1 rings (SSSR count). The summed E-state index contributed by atoms with van der Waals surface area (Å²) in [4.78, 5) is 11.8. The van der Waals surface area contributed by atoms with Gasteiger partial charge in [-0.1, -0.05) is 26.0 Å². The lowest BCUT2D eigenvalue weighted by Gasteiger charge is -2.27. The monoisotopic (exact) mass is 196 g/mol. The predicted molar refractivity (Wildman–Crippen MR) is 57.8 cm³/mol. The largest absolute Gasteiger partial charge is 0.351 e. The summed E-state index contributed by atoms with van der Waals surface area (Å²) >= 11 is 0. The van der Waals surface area contributed by atoms with Crippen LogP contribution in [0.3, 0.4) is 0 Å². The van der Waals surface area contributed by atoms with Crippen LogP contribution in [0.2, 0.25) is 0 Å². The molecule has 14 heavy (non-hydrogen) atoms. The first-order valence-electron chi connectivity index (χ1n) is 5.37. The molecule has 3 heteroatoms. The van der Waals surface area contributed by atoms with Crippen molar-refractivity contribution < 1.29 is 4.79 Å². The van der Waals surface area contributed by atoms with E-state index >= 15 is 0 Å². The zero-order valence-electron chi connectivity index (χ0n) is 9.05. The maximum atomic E-state index is 11.8. The Kier molecular flexibility index (Phi) is 3.69. The van der Waals surface area contributed by atoms with Crippen LogP contribution in [0.15, 0.2) is 12.2 Å². The first-order valence-corrected chi connectivity index (χ1v) is 5.37. The third-order valence-corrected chi connectivity index (χ3v) is 3.06. The van der Waals surface area contributed by atoms with E-state index in [1.54, 1.807) is 0 Å². The Labute approximate surface area is 85.7 Å². The van der Waals surface area contributed by atoms with Gasteiger partial charge >= 0.3 is 0 Å². The maximum Gasteiger partial charge on any atom is 0.240 e. The van der Waals surface area contributed by atoms with Gasteiger partial charge in [0.1, 0.15) is 0 Å². The highest BCUT2D eigenvalue weighted by molar-refractivity contribution is 5.86. The second kappa shape index (κ2) is 4.60. The Morgan fingerprint density at radius 3 is 2.36 bits per heavy atom. The van der Waals surface area contributed by atoms with E-state index < -0.39 is 5.54 Å². The van der Waals surface area contributed by atoms with Crippen molar-refractivity contribution in [2.45, 2.75) is 51.1 Å². The van der Waals surface area contributed by atoms with Crippen LogP contribution < -0.4 is 11.1 Å². The molecule has 0 fully saturated rings. The minimum Gasteiger partial charge on any atom is -0.351 e. The first kappa shape index (κ1) is 11.2. The van der Waals surface area contributed by atoms with Crippen LogP contribution in [-0.2, 0) is 4.79 Å². The molecule has 80 valence electrons. The number of hydrogen-bond donors (Lipinski definition) is 2. The highest BCUT2D eigenvalue weighted by atomic mass is 16.2. The van der Waals surface area contributed by atoms with Gasteiger partial charge in [-0.25, -0.2) is 0 Å². The quantitative estimate of drug-likeness (QED) is 0.667. The van der Waals surface area contributed by atoms with Crippen molar-refractivity contribution in [3.05, 3.63) is 12.2 Å². The molecule has 0 aromatic rings. The lowest BCUT2D eigenvalue weighted by molar-refractivity contribution is -0.127. The van der Waals surface area contributed by atoms with Crippen LogP contribution >= 0.6 is 0 Å². The molecule has 0 radical (unpaired) electrons. The van der Waals surface area contributed by atoms with E-state index in [-0.39, 0.29) is 11.9 Å². The number of rotatable bonds is 4. The molecular weight excluding hydrogens is 176 g/mol. The van der Waals surface area contributed by atoms with E-state index in [1.165, 1.54) is 0 Å². The van der Waals surface area contributed by atoms with Gasteiger partial charge in [-0.15, -0.1) is 0 Å². The van der Waals surface area contributed by atoms with E-state index in [0.29, 0.717) is 12.8 Å². The van der Waals surface area contributed by atoms with Gasteiger partial charge in [-0.2, -0.15) is 0 Å². The standard InChI is InChI=1S/C11H20N2O/c1-3-11(12,4-2)10(14)13-9-7-5-6-8-9/h5-6,9H,3-4,7-8,12H2,1-2H3,(H,13,14). The second-order valence-electron chi connectivity index (χ2n) is 3.98. The third kappa shape index (κ3) is 2.35. The van der Waals surface area contributed by atoms with E-state index in [2.05, 4.69) is 17.5 Å². The number of carbonyl (C=O) groups is 1. The van der Waals surface area contributed by atoms with Crippen LogP contribution in [0.25, 0.3) is 0 Å². The number of nitrogens with two attached hydrogens (primary N) is 1. The molecule has 0 heterocycles. The molecule has 0 spiro atoms. The fourth-order valence-electron chi connectivity index (χ4n) is 1.64. The minimum absolute atomic E-state index is 0.00352. The Morgan fingerprint density at radius 2 is 1.93 bits per heavy atom. The highest BCUT2D eigenvalue weighted by Gasteiger charge is 2.31. The summed E-state index contributed by atoms with van der Waals surface area (Å²) in [5.74, 6) is -0.00352. The molecule has 0 aromatic carbocycles. The van der Waals surface area contributed by atoms with E-state index in [9.17, 15) is 4.79 Å². The topological polar surface area (TPSA) is 55.1 Å². The van der Waals surface area contributed by atoms with Crippen LogP contribution in [0, 0.1) is 0 Å². The number of nitrogens with one attached hydrogen (secondary N) is 1. The summed E-state index contributed by atoms with van der Waals surface area (Å²) in [7, 11) is 0. The predicted octanol–water partition coefficient (Wildman–Crippen LogP) is 1.34. The summed E-state index contributed by atoms with van der Waals surface area (Å²) in [6.45, 7) is 3.91. The van der Waals surface area contributed by atoms with Gasteiger partial charge in [0.15, 0.2) is 0 Å². The van der Waals surface area contributed by atoms with Crippen LogP contribution in [0.1, 0.15) is 39.5 Å². The molecule has 1 aliphatic rings. The molecule has 0 aromatic heterocycles. The Balaban J connectivity index is 2.47. The molecule has 0 bridgehead atoms. The fraction of sp³-hybridized carbons (Fsp3) is 0.727. The van der Waals surface area contributed by atoms with Gasteiger partial charge in [0, 0.05) is 6.04 Å². The van der Waals surface area contributed by atoms with Gasteiger partial charge in [0.2, 0.25) is 5.91 Å². The summed E-state index contributed by atoms with van der Waals surface area (Å²) in [5.41, 5.74) is 5.31. The summed E-state index contributed by atoms with van der Waals surface area (Å²) in [6, 6.07) is 0.267. The molecule has 3 N–H and O–H groups in total. The third-order valence-electron chi connectivity index (χ3n) is 3.06. The van der Waals surface area contributed by atoms with Crippen molar-refractivity contribution in [2.24, 2.45) is 5.73 Å². The van der Waals surface area contributed by atoms with Gasteiger partial charge in [-0.05, 0) is 25.7 Å². The smallest absolute Gasteiger partial charge is 0.240 e. The molecule has 0 saturated heterocycles. The van der Waals surface area contributed by atoms with Crippen molar-refractivity contribution in [2.75, 3.05) is 0 Å². The normalized spacial score (nSPS) is 17.4. The van der Waals surface area contributed by atoms with Gasteiger partial charge in [0.05, 0.1) is 5.54 Å². The Bertz CT molecular complexity index is 223. The molecule has 3 nitrogen and oxygen atoms in total. The van der Waals surface area contributed by atoms with E-state index in [0.717, 1.165) is 12.8 Å². The molecule has 0 aliphatic heterocycles. The first-order chi connectivity index (χ1) is 6.62.